The van der Waals surface area contributed by atoms with Crippen LogP contribution in [0.4, 0.5) is 0 Å². The van der Waals surface area contributed by atoms with Crippen molar-refractivity contribution in [1.82, 2.24) is 14.8 Å². The summed E-state index contributed by atoms with van der Waals surface area (Å²) in [6.07, 6.45) is 1.64. The number of likely N-dealkylation sites (N-methyl/N-ethyl adjacent to an activating group) is 1. The van der Waals surface area contributed by atoms with Crippen molar-refractivity contribution in [3.63, 3.8) is 0 Å². The average Bonchev–Trinajstić information content (AvgIpc) is 2.88. The Hall–Kier alpha value is -2.99. The smallest absolute Gasteiger partial charge is 0.278 e. The van der Waals surface area contributed by atoms with Crippen LogP contribution in [0.5, 0.6) is 0 Å². The van der Waals surface area contributed by atoms with Gasteiger partial charge in [0.15, 0.2) is 0 Å². The van der Waals surface area contributed by atoms with Crippen LogP contribution in [0.2, 0.25) is 0 Å². The number of imide groups is 1. The van der Waals surface area contributed by atoms with Crippen LogP contribution in [0.1, 0.15) is 22.4 Å². The maximum Gasteiger partial charge on any atom is 0.278 e. The standard InChI is InChI=1S/C21H23N3O3/c1-14-7-8-17(15(2)12-14)18-19(23(3)10-11-25)21(27)24(20(18)26)13-16-6-4-5-9-22-16/h4-9,12,25H,10-11,13H2,1-3H3. The summed E-state index contributed by atoms with van der Waals surface area (Å²) in [5.41, 5.74) is 4.10. The van der Waals surface area contributed by atoms with Crippen molar-refractivity contribution in [3.8, 4) is 0 Å². The second kappa shape index (κ2) is 7.72. The molecule has 0 aliphatic carbocycles. The number of aryl methyl sites for hydroxylation is 2. The van der Waals surface area contributed by atoms with E-state index in [1.54, 1.807) is 30.3 Å². The van der Waals surface area contributed by atoms with Crippen molar-refractivity contribution < 1.29 is 14.7 Å². The van der Waals surface area contributed by atoms with Gasteiger partial charge in [0.1, 0.15) is 5.70 Å². The molecule has 27 heavy (non-hydrogen) atoms. The second-order valence-electron chi connectivity index (χ2n) is 6.70. The van der Waals surface area contributed by atoms with Gasteiger partial charge in [-0.25, -0.2) is 0 Å². The highest BCUT2D eigenvalue weighted by molar-refractivity contribution is 6.35. The number of hydrogen-bond donors (Lipinski definition) is 1. The molecular formula is C21H23N3O3. The van der Waals surface area contributed by atoms with E-state index in [0.29, 0.717) is 17.0 Å². The fraction of sp³-hybridized carbons (Fsp3) is 0.286. The molecule has 140 valence electrons. The third-order valence-electron chi connectivity index (χ3n) is 4.66. The molecular weight excluding hydrogens is 342 g/mol. The first kappa shape index (κ1) is 18.8. The van der Waals surface area contributed by atoms with E-state index in [-0.39, 0.29) is 31.5 Å². The topological polar surface area (TPSA) is 73.7 Å². The van der Waals surface area contributed by atoms with Gasteiger partial charge in [-0.2, -0.15) is 0 Å². The number of benzene rings is 1. The van der Waals surface area contributed by atoms with E-state index < -0.39 is 0 Å². The molecule has 0 saturated heterocycles. The average molecular weight is 365 g/mol. The van der Waals surface area contributed by atoms with Gasteiger partial charge in [0, 0.05) is 19.8 Å². The van der Waals surface area contributed by atoms with Gasteiger partial charge in [-0.1, -0.05) is 29.8 Å². The van der Waals surface area contributed by atoms with Crippen LogP contribution in [-0.2, 0) is 16.1 Å². The summed E-state index contributed by atoms with van der Waals surface area (Å²) in [6, 6.07) is 11.2. The fourth-order valence-corrected chi connectivity index (χ4v) is 3.31. The summed E-state index contributed by atoms with van der Waals surface area (Å²) in [4.78, 5) is 33.4. The Morgan fingerprint density at radius 1 is 1.11 bits per heavy atom. The van der Waals surface area contributed by atoms with Crippen molar-refractivity contribution in [2.75, 3.05) is 20.2 Å². The summed E-state index contributed by atoms with van der Waals surface area (Å²) < 4.78 is 0. The van der Waals surface area contributed by atoms with Gasteiger partial charge in [0.25, 0.3) is 11.8 Å². The molecule has 2 amide bonds. The summed E-state index contributed by atoms with van der Waals surface area (Å²) in [6.45, 7) is 4.18. The first-order valence-corrected chi connectivity index (χ1v) is 8.84. The second-order valence-corrected chi connectivity index (χ2v) is 6.70. The van der Waals surface area contributed by atoms with Crippen LogP contribution in [0.15, 0.2) is 48.3 Å². The highest BCUT2D eigenvalue weighted by Gasteiger charge is 2.41. The van der Waals surface area contributed by atoms with Crippen LogP contribution < -0.4 is 0 Å². The lowest BCUT2D eigenvalue weighted by Gasteiger charge is -2.20. The predicted molar refractivity (Wildman–Crippen MR) is 102 cm³/mol. The van der Waals surface area contributed by atoms with Crippen LogP contribution in [-0.4, -0.2) is 51.9 Å². The maximum absolute atomic E-state index is 13.2. The summed E-state index contributed by atoms with van der Waals surface area (Å²) in [5, 5.41) is 9.31. The molecule has 0 saturated carbocycles. The Bertz CT molecular complexity index is 906. The Labute approximate surface area is 158 Å². The van der Waals surface area contributed by atoms with Gasteiger partial charge in [-0.3, -0.25) is 19.5 Å². The predicted octanol–water partition coefficient (Wildman–Crippen LogP) is 1.90. The largest absolute Gasteiger partial charge is 0.395 e. The zero-order chi connectivity index (χ0) is 19.6. The van der Waals surface area contributed by atoms with E-state index in [1.165, 1.54) is 4.90 Å². The molecule has 0 bridgehead atoms. The zero-order valence-electron chi connectivity index (χ0n) is 15.8. The number of amides is 2. The lowest BCUT2D eigenvalue weighted by molar-refractivity contribution is -0.138. The van der Waals surface area contributed by atoms with Crippen LogP contribution >= 0.6 is 0 Å². The number of aromatic nitrogens is 1. The van der Waals surface area contributed by atoms with E-state index in [4.69, 9.17) is 0 Å². The Morgan fingerprint density at radius 2 is 1.89 bits per heavy atom. The number of hydrogen-bond acceptors (Lipinski definition) is 5. The number of aliphatic hydroxyl groups is 1. The Balaban J connectivity index is 2.07. The molecule has 1 aromatic carbocycles. The minimum Gasteiger partial charge on any atom is -0.395 e. The van der Waals surface area contributed by atoms with E-state index >= 15 is 0 Å². The Kier molecular flexibility index (Phi) is 5.37. The van der Waals surface area contributed by atoms with Gasteiger partial charge < -0.3 is 10.0 Å². The molecule has 3 rings (SSSR count). The minimum atomic E-state index is -0.364. The van der Waals surface area contributed by atoms with Crippen molar-refractivity contribution in [2.24, 2.45) is 0 Å². The lowest BCUT2D eigenvalue weighted by Crippen LogP contribution is -2.34. The first-order chi connectivity index (χ1) is 12.9. The number of carbonyl (C=O) groups is 2. The monoisotopic (exact) mass is 365 g/mol. The fourth-order valence-electron chi connectivity index (χ4n) is 3.31. The normalized spacial score (nSPS) is 14.3. The molecule has 1 N–H and O–H groups in total. The molecule has 0 radical (unpaired) electrons. The third kappa shape index (κ3) is 3.61. The number of aliphatic hydroxyl groups excluding tert-OH is 1. The van der Waals surface area contributed by atoms with Gasteiger partial charge >= 0.3 is 0 Å². The molecule has 0 atom stereocenters. The highest BCUT2D eigenvalue weighted by atomic mass is 16.3. The zero-order valence-corrected chi connectivity index (χ0v) is 15.8. The van der Waals surface area contributed by atoms with Crippen molar-refractivity contribution in [3.05, 3.63) is 70.7 Å². The van der Waals surface area contributed by atoms with E-state index in [9.17, 15) is 14.7 Å². The Morgan fingerprint density at radius 3 is 2.52 bits per heavy atom. The van der Waals surface area contributed by atoms with Gasteiger partial charge in [0.05, 0.1) is 24.4 Å². The quantitative estimate of drug-likeness (QED) is 0.792. The summed E-state index contributed by atoms with van der Waals surface area (Å²) in [5.74, 6) is -0.700. The van der Waals surface area contributed by atoms with Crippen LogP contribution in [0.25, 0.3) is 5.57 Å². The molecule has 0 unspecified atom stereocenters. The van der Waals surface area contributed by atoms with Crippen molar-refractivity contribution in [2.45, 2.75) is 20.4 Å². The van der Waals surface area contributed by atoms with Crippen molar-refractivity contribution >= 4 is 17.4 Å². The number of rotatable bonds is 6. The first-order valence-electron chi connectivity index (χ1n) is 8.84. The number of nitrogens with zero attached hydrogens (tertiary/aromatic N) is 3. The van der Waals surface area contributed by atoms with Gasteiger partial charge in [-0.05, 0) is 37.1 Å². The van der Waals surface area contributed by atoms with E-state index in [0.717, 1.165) is 16.7 Å². The molecule has 1 aliphatic rings. The summed E-state index contributed by atoms with van der Waals surface area (Å²) >= 11 is 0. The minimum absolute atomic E-state index is 0.109. The maximum atomic E-state index is 13.2. The molecule has 0 spiro atoms. The lowest BCUT2D eigenvalue weighted by atomic mass is 9.97. The molecule has 6 nitrogen and oxygen atoms in total. The van der Waals surface area contributed by atoms with E-state index in [2.05, 4.69) is 4.98 Å². The molecule has 1 aliphatic heterocycles. The third-order valence-corrected chi connectivity index (χ3v) is 4.66. The molecule has 6 heteroatoms. The van der Waals surface area contributed by atoms with Crippen LogP contribution in [0, 0.1) is 13.8 Å². The van der Waals surface area contributed by atoms with Crippen LogP contribution in [0.3, 0.4) is 0 Å². The van der Waals surface area contributed by atoms with Crippen molar-refractivity contribution in [1.29, 1.82) is 0 Å². The van der Waals surface area contributed by atoms with Gasteiger partial charge in [0.2, 0.25) is 0 Å². The summed E-state index contributed by atoms with van der Waals surface area (Å²) in [7, 11) is 1.71. The highest BCUT2D eigenvalue weighted by Crippen LogP contribution is 2.33. The SMILES string of the molecule is Cc1ccc(C2=C(N(C)CCO)C(=O)N(Cc3ccccn3)C2=O)c(C)c1. The number of carbonyl (C=O) groups excluding carboxylic acids is 2. The number of pyridine rings is 1. The molecule has 2 heterocycles. The molecule has 2 aromatic rings. The van der Waals surface area contributed by atoms with E-state index in [1.807, 2.05) is 38.1 Å². The molecule has 1 aromatic heterocycles. The molecule has 0 fully saturated rings. The van der Waals surface area contributed by atoms with Gasteiger partial charge in [-0.15, -0.1) is 0 Å².